The molecule has 1 fully saturated rings. The summed E-state index contributed by atoms with van der Waals surface area (Å²) < 4.78 is 0. The molecule has 0 saturated carbocycles. The predicted octanol–water partition coefficient (Wildman–Crippen LogP) is 0.890. The van der Waals surface area contributed by atoms with Gasteiger partial charge in [-0.05, 0) is 32.9 Å². The molecule has 1 saturated heterocycles. The van der Waals surface area contributed by atoms with Crippen molar-refractivity contribution in [3.63, 3.8) is 0 Å². The second-order valence-corrected chi connectivity index (χ2v) is 5.67. The Morgan fingerprint density at radius 1 is 1.35 bits per heavy atom. The molecule has 0 amide bonds. The van der Waals surface area contributed by atoms with Crippen LogP contribution in [0.2, 0.25) is 0 Å². The third kappa shape index (κ3) is 4.54. The summed E-state index contributed by atoms with van der Waals surface area (Å²) in [4.78, 5) is 4.89. The van der Waals surface area contributed by atoms with E-state index in [0.717, 1.165) is 13.0 Å². The van der Waals surface area contributed by atoms with Gasteiger partial charge in [-0.1, -0.05) is 20.3 Å². The maximum atomic E-state index is 5.72. The second kappa shape index (κ2) is 7.31. The zero-order chi connectivity index (χ0) is 12.8. The average molecular weight is 242 g/mol. The molecule has 0 radical (unpaired) electrons. The summed E-state index contributed by atoms with van der Waals surface area (Å²) in [7, 11) is 4.44. The highest BCUT2D eigenvalue weighted by Gasteiger charge is 2.26. The van der Waals surface area contributed by atoms with Crippen molar-refractivity contribution in [3.05, 3.63) is 0 Å². The van der Waals surface area contributed by atoms with Gasteiger partial charge in [-0.25, -0.2) is 0 Å². The molecule has 17 heavy (non-hydrogen) atoms. The average Bonchev–Trinajstić information content (AvgIpc) is 2.30. The summed E-state index contributed by atoms with van der Waals surface area (Å²) in [5.74, 6) is 6.38. The van der Waals surface area contributed by atoms with E-state index in [0.29, 0.717) is 18.0 Å². The first-order valence-electron chi connectivity index (χ1n) is 6.93. The molecular weight excluding hydrogens is 212 g/mol. The Morgan fingerprint density at radius 3 is 2.65 bits per heavy atom. The van der Waals surface area contributed by atoms with E-state index in [9.17, 15) is 0 Å². The van der Waals surface area contributed by atoms with Crippen molar-refractivity contribution < 1.29 is 0 Å². The minimum absolute atomic E-state index is 0.439. The van der Waals surface area contributed by atoms with Crippen molar-refractivity contribution >= 4 is 0 Å². The van der Waals surface area contributed by atoms with Crippen LogP contribution in [-0.4, -0.2) is 55.6 Å². The molecule has 0 aliphatic carbocycles. The van der Waals surface area contributed by atoms with Gasteiger partial charge in [-0.3, -0.25) is 11.3 Å². The van der Waals surface area contributed by atoms with Gasteiger partial charge in [0, 0.05) is 31.7 Å². The van der Waals surface area contributed by atoms with Crippen molar-refractivity contribution in [2.24, 2.45) is 11.8 Å². The van der Waals surface area contributed by atoms with Crippen LogP contribution < -0.4 is 11.3 Å². The third-order valence-corrected chi connectivity index (χ3v) is 4.15. The van der Waals surface area contributed by atoms with E-state index in [-0.39, 0.29) is 0 Å². The van der Waals surface area contributed by atoms with Crippen molar-refractivity contribution in [2.75, 3.05) is 33.7 Å². The van der Waals surface area contributed by atoms with Gasteiger partial charge in [0.25, 0.3) is 0 Å². The fraction of sp³-hybridized carbons (Fsp3) is 1.00. The Labute approximate surface area is 106 Å². The number of nitrogens with zero attached hydrogens (tertiary/aromatic N) is 2. The number of hydrogen-bond donors (Lipinski definition) is 2. The number of piperazine rings is 1. The Morgan fingerprint density at radius 2 is 2.06 bits per heavy atom. The molecule has 3 unspecified atom stereocenters. The Balaban J connectivity index is 2.48. The number of nitrogens with one attached hydrogen (secondary N) is 1. The maximum Gasteiger partial charge on any atom is 0.0251 e. The van der Waals surface area contributed by atoms with Crippen LogP contribution in [0, 0.1) is 5.92 Å². The summed E-state index contributed by atoms with van der Waals surface area (Å²) in [5.41, 5.74) is 3.02. The van der Waals surface area contributed by atoms with Crippen LogP contribution in [0.15, 0.2) is 0 Å². The highest BCUT2D eigenvalue weighted by molar-refractivity contribution is 4.84. The van der Waals surface area contributed by atoms with Crippen LogP contribution in [0.3, 0.4) is 0 Å². The molecular formula is C13H30N4. The normalized spacial score (nSPS) is 27.0. The minimum atomic E-state index is 0.439. The van der Waals surface area contributed by atoms with E-state index in [1.807, 2.05) is 0 Å². The largest absolute Gasteiger partial charge is 0.304 e. The van der Waals surface area contributed by atoms with Gasteiger partial charge in [0.1, 0.15) is 0 Å². The first-order chi connectivity index (χ1) is 8.08. The minimum Gasteiger partial charge on any atom is -0.304 e. The van der Waals surface area contributed by atoms with Gasteiger partial charge in [-0.15, -0.1) is 0 Å². The maximum absolute atomic E-state index is 5.72. The topological polar surface area (TPSA) is 44.5 Å². The number of rotatable bonds is 6. The number of nitrogens with two attached hydrogens (primary N) is 1. The zero-order valence-corrected chi connectivity index (χ0v) is 11.9. The molecule has 0 aromatic heterocycles. The van der Waals surface area contributed by atoms with Crippen LogP contribution in [0.5, 0.6) is 0 Å². The van der Waals surface area contributed by atoms with Crippen molar-refractivity contribution in [3.8, 4) is 0 Å². The quantitative estimate of drug-likeness (QED) is 0.536. The van der Waals surface area contributed by atoms with Crippen LogP contribution >= 0.6 is 0 Å². The van der Waals surface area contributed by atoms with Gasteiger partial charge < -0.3 is 9.80 Å². The van der Waals surface area contributed by atoms with E-state index in [1.165, 1.54) is 25.9 Å². The van der Waals surface area contributed by atoms with Crippen LogP contribution in [0.4, 0.5) is 0 Å². The predicted molar refractivity (Wildman–Crippen MR) is 73.7 cm³/mol. The number of hydrogen-bond acceptors (Lipinski definition) is 4. The molecule has 0 aromatic rings. The molecule has 1 heterocycles. The molecule has 1 aliphatic rings. The van der Waals surface area contributed by atoms with E-state index in [4.69, 9.17) is 5.84 Å². The van der Waals surface area contributed by atoms with Crippen molar-refractivity contribution in [2.45, 2.75) is 45.2 Å². The van der Waals surface area contributed by atoms with E-state index >= 15 is 0 Å². The Kier molecular flexibility index (Phi) is 6.41. The summed E-state index contributed by atoms with van der Waals surface area (Å²) in [6, 6.07) is 1.07. The first kappa shape index (κ1) is 14.9. The van der Waals surface area contributed by atoms with Crippen molar-refractivity contribution in [1.82, 2.24) is 15.2 Å². The lowest BCUT2D eigenvalue weighted by atomic mass is 9.91. The Hall–Kier alpha value is -0.160. The molecule has 0 aromatic carbocycles. The summed E-state index contributed by atoms with van der Waals surface area (Å²) in [6.07, 6.45) is 3.64. The summed E-state index contributed by atoms with van der Waals surface area (Å²) >= 11 is 0. The smallest absolute Gasteiger partial charge is 0.0251 e. The van der Waals surface area contributed by atoms with Crippen LogP contribution in [0.1, 0.15) is 33.1 Å². The van der Waals surface area contributed by atoms with E-state index in [1.54, 1.807) is 0 Å². The lowest BCUT2D eigenvalue weighted by molar-refractivity contribution is 0.0946. The van der Waals surface area contributed by atoms with E-state index in [2.05, 4.69) is 43.2 Å². The van der Waals surface area contributed by atoms with Gasteiger partial charge in [-0.2, -0.15) is 0 Å². The second-order valence-electron chi connectivity index (χ2n) is 5.67. The number of likely N-dealkylation sites (N-methyl/N-ethyl adjacent to an activating group) is 2. The monoisotopic (exact) mass is 242 g/mol. The first-order valence-corrected chi connectivity index (χ1v) is 6.93. The van der Waals surface area contributed by atoms with Crippen LogP contribution in [0.25, 0.3) is 0 Å². The molecule has 4 heteroatoms. The molecule has 0 spiro atoms. The summed E-state index contributed by atoms with van der Waals surface area (Å²) in [5, 5.41) is 0. The summed E-state index contributed by atoms with van der Waals surface area (Å²) in [6.45, 7) is 8.05. The lowest BCUT2D eigenvalue weighted by Crippen LogP contribution is -2.53. The van der Waals surface area contributed by atoms with E-state index < -0.39 is 0 Å². The third-order valence-electron chi connectivity index (χ3n) is 4.15. The molecule has 4 nitrogen and oxygen atoms in total. The molecule has 0 bridgehead atoms. The highest BCUT2D eigenvalue weighted by atomic mass is 15.3. The van der Waals surface area contributed by atoms with Crippen LogP contribution in [-0.2, 0) is 0 Å². The zero-order valence-electron chi connectivity index (χ0n) is 11.9. The van der Waals surface area contributed by atoms with Gasteiger partial charge in [0.05, 0.1) is 0 Å². The fourth-order valence-corrected chi connectivity index (χ4v) is 2.77. The fourth-order valence-electron chi connectivity index (χ4n) is 2.77. The lowest BCUT2D eigenvalue weighted by Gasteiger charge is -2.40. The molecule has 102 valence electrons. The van der Waals surface area contributed by atoms with Gasteiger partial charge in [0.15, 0.2) is 0 Å². The van der Waals surface area contributed by atoms with Crippen molar-refractivity contribution in [1.29, 1.82) is 0 Å². The molecule has 3 atom stereocenters. The standard InChI is InChI=1S/C13H30N4/c1-5-6-11(2)13(15-14)9-12-10-16(3)7-8-17(12)4/h11-13,15H,5-10,14H2,1-4H3. The molecule has 1 aliphatic heterocycles. The SMILES string of the molecule is CCCC(C)C(CC1CN(C)CCN1C)NN. The molecule has 3 N–H and O–H groups in total. The highest BCUT2D eigenvalue weighted by Crippen LogP contribution is 2.18. The molecule has 1 rings (SSSR count). The van der Waals surface area contributed by atoms with Gasteiger partial charge in [0.2, 0.25) is 0 Å². The van der Waals surface area contributed by atoms with Gasteiger partial charge >= 0.3 is 0 Å². The number of hydrazine groups is 1. The Bertz CT molecular complexity index is 210.